The van der Waals surface area contributed by atoms with Crippen molar-refractivity contribution in [1.82, 2.24) is 9.71 Å². The highest BCUT2D eigenvalue weighted by molar-refractivity contribution is 7.89. The van der Waals surface area contributed by atoms with Crippen molar-refractivity contribution < 1.29 is 13.2 Å². The van der Waals surface area contributed by atoms with Crippen LogP contribution in [0.4, 0.5) is 5.69 Å². The standard InChI is InChI=1S/C18H23N3O3S/c1-11-10-12(2)14(4)17(13(11)3)25(23,24)21-15(5)18(22)20-16-6-8-19-9-7-16/h6-10,15,21H,1-5H3,(H,19,20,22)/t15-/m1/s1. The maximum atomic E-state index is 12.8. The molecule has 6 nitrogen and oxygen atoms in total. The molecule has 0 fully saturated rings. The maximum Gasteiger partial charge on any atom is 0.242 e. The van der Waals surface area contributed by atoms with Crippen molar-refractivity contribution in [2.45, 2.75) is 45.6 Å². The first-order chi connectivity index (χ1) is 11.6. The number of pyridine rings is 1. The van der Waals surface area contributed by atoms with Gasteiger partial charge in [0.2, 0.25) is 15.9 Å². The van der Waals surface area contributed by atoms with Crippen LogP contribution in [0.2, 0.25) is 0 Å². The third-order valence-corrected chi connectivity index (χ3v) is 6.05. The smallest absolute Gasteiger partial charge is 0.242 e. The van der Waals surface area contributed by atoms with Gasteiger partial charge in [-0.15, -0.1) is 0 Å². The van der Waals surface area contributed by atoms with Gasteiger partial charge in [-0.2, -0.15) is 4.72 Å². The van der Waals surface area contributed by atoms with Gasteiger partial charge in [-0.1, -0.05) is 6.07 Å². The Morgan fingerprint density at radius 2 is 1.56 bits per heavy atom. The van der Waals surface area contributed by atoms with Crippen LogP contribution in [0.5, 0.6) is 0 Å². The Hall–Kier alpha value is -2.25. The average molecular weight is 361 g/mol. The van der Waals surface area contributed by atoms with Gasteiger partial charge in [0.25, 0.3) is 0 Å². The molecule has 1 heterocycles. The summed E-state index contributed by atoms with van der Waals surface area (Å²) in [4.78, 5) is 16.4. The van der Waals surface area contributed by atoms with E-state index in [0.717, 1.165) is 11.1 Å². The van der Waals surface area contributed by atoms with Crippen LogP contribution >= 0.6 is 0 Å². The van der Waals surface area contributed by atoms with Crippen molar-refractivity contribution in [1.29, 1.82) is 0 Å². The zero-order valence-electron chi connectivity index (χ0n) is 15.0. The number of rotatable bonds is 5. The third kappa shape index (κ3) is 4.24. The lowest BCUT2D eigenvalue weighted by Gasteiger charge is -2.19. The van der Waals surface area contributed by atoms with Crippen LogP contribution in [-0.2, 0) is 14.8 Å². The molecule has 1 aromatic carbocycles. The van der Waals surface area contributed by atoms with E-state index < -0.39 is 22.0 Å². The van der Waals surface area contributed by atoms with Crippen LogP contribution in [-0.4, -0.2) is 25.4 Å². The van der Waals surface area contributed by atoms with Crippen molar-refractivity contribution in [2.75, 3.05) is 5.32 Å². The molecule has 0 radical (unpaired) electrons. The molecule has 0 aliphatic carbocycles. The number of amides is 1. The van der Waals surface area contributed by atoms with E-state index in [4.69, 9.17) is 0 Å². The zero-order chi connectivity index (χ0) is 18.8. The van der Waals surface area contributed by atoms with E-state index in [9.17, 15) is 13.2 Å². The largest absolute Gasteiger partial charge is 0.325 e. The Kier molecular flexibility index (Phi) is 5.59. The summed E-state index contributed by atoms with van der Waals surface area (Å²) in [6.07, 6.45) is 3.10. The molecule has 2 rings (SSSR count). The van der Waals surface area contributed by atoms with E-state index in [-0.39, 0.29) is 4.90 Å². The van der Waals surface area contributed by atoms with Gasteiger partial charge >= 0.3 is 0 Å². The van der Waals surface area contributed by atoms with Crippen LogP contribution in [0.1, 0.15) is 29.2 Å². The number of hydrogen-bond donors (Lipinski definition) is 2. The number of sulfonamides is 1. The van der Waals surface area contributed by atoms with Crippen LogP contribution in [0, 0.1) is 27.7 Å². The lowest BCUT2D eigenvalue weighted by molar-refractivity contribution is -0.117. The molecule has 2 N–H and O–H groups in total. The van der Waals surface area contributed by atoms with Crippen molar-refractivity contribution in [3.63, 3.8) is 0 Å². The Morgan fingerprint density at radius 3 is 2.08 bits per heavy atom. The summed E-state index contributed by atoms with van der Waals surface area (Å²) in [6.45, 7) is 8.82. The predicted molar refractivity (Wildman–Crippen MR) is 98.0 cm³/mol. The van der Waals surface area contributed by atoms with Gasteiger partial charge in [0.1, 0.15) is 0 Å². The second kappa shape index (κ2) is 7.33. The summed E-state index contributed by atoms with van der Waals surface area (Å²) in [7, 11) is -3.83. The highest BCUT2D eigenvalue weighted by atomic mass is 32.2. The highest BCUT2D eigenvalue weighted by Crippen LogP contribution is 2.26. The third-order valence-electron chi connectivity index (χ3n) is 4.24. The SMILES string of the molecule is Cc1cc(C)c(C)c(S(=O)(=O)N[C@H](C)C(=O)Nc2ccncc2)c1C. The van der Waals surface area contributed by atoms with Gasteiger partial charge in [0.15, 0.2) is 0 Å². The van der Waals surface area contributed by atoms with Gasteiger partial charge in [-0.25, -0.2) is 8.42 Å². The van der Waals surface area contributed by atoms with Gasteiger partial charge in [-0.05, 0) is 69.0 Å². The first-order valence-electron chi connectivity index (χ1n) is 7.94. The van der Waals surface area contributed by atoms with E-state index in [1.54, 1.807) is 38.4 Å². The zero-order valence-corrected chi connectivity index (χ0v) is 15.9. The van der Waals surface area contributed by atoms with E-state index >= 15 is 0 Å². The van der Waals surface area contributed by atoms with Crippen molar-refractivity contribution in [2.24, 2.45) is 0 Å². The monoisotopic (exact) mass is 361 g/mol. The van der Waals surface area contributed by atoms with Crippen molar-refractivity contribution in [3.05, 3.63) is 52.8 Å². The first-order valence-corrected chi connectivity index (χ1v) is 9.42. The minimum atomic E-state index is -3.83. The van der Waals surface area contributed by atoms with Crippen molar-refractivity contribution in [3.8, 4) is 0 Å². The number of anilines is 1. The Labute approximate surface area is 148 Å². The summed E-state index contributed by atoms with van der Waals surface area (Å²) in [6, 6.07) is 4.32. The summed E-state index contributed by atoms with van der Waals surface area (Å²) in [5.41, 5.74) is 3.74. The van der Waals surface area contributed by atoms with Crippen LogP contribution in [0.3, 0.4) is 0 Å². The fourth-order valence-electron chi connectivity index (χ4n) is 2.61. The second-order valence-corrected chi connectivity index (χ2v) is 7.81. The number of nitrogens with zero attached hydrogens (tertiary/aromatic N) is 1. The topological polar surface area (TPSA) is 88.2 Å². The Bertz CT molecular complexity index is 867. The van der Waals surface area contributed by atoms with Gasteiger partial charge in [-0.3, -0.25) is 9.78 Å². The minimum Gasteiger partial charge on any atom is -0.325 e. The molecule has 1 atom stereocenters. The Balaban J connectivity index is 2.26. The molecule has 25 heavy (non-hydrogen) atoms. The molecule has 7 heteroatoms. The number of aryl methyl sites for hydroxylation is 2. The fourth-order valence-corrected chi connectivity index (χ4v) is 4.43. The number of nitrogens with one attached hydrogen (secondary N) is 2. The average Bonchev–Trinajstić information content (AvgIpc) is 2.53. The highest BCUT2D eigenvalue weighted by Gasteiger charge is 2.26. The molecular weight excluding hydrogens is 338 g/mol. The van der Waals surface area contributed by atoms with Gasteiger partial charge in [0.05, 0.1) is 10.9 Å². The normalized spacial score (nSPS) is 12.7. The lowest BCUT2D eigenvalue weighted by Crippen LogP contribution is -2.42. The quantitative estimate of drug-likeness (QED) is 0.857. The lowest BCUT2D eigenvalue weighted by atomic mass is 10.0. The van der Waals surface area contributed by atoms with Crippen molar-refractivity contribution >= 4 is 21.6 Å². The molecule has 134 valence electrons. The molecule has 0 spiro atoms. The number of carbonyl (C=O) groups excluding carboxylic acids is 1. The fraction of sp³-hybridized carbons (Fsp3) is 0.333. The molecular formula is C18H23N3O3S. The van der Waals surface area contributed by atoms with Crippen LogP contribution in [0.25, 0.3) is 0 Å². The Morgan fingerprint density at radius 1 is 1.04 bits per heavy atom. The summed E-state index contributed by atoms with van der Waals surface area (Å²) in [5, 5.41) is 2.66. The second-order valence-electron chi connectivity index (χ2n) is 6.16. The maximum absolute atomic E-state index is 12.8. The molecule has 0 saturated heterocycles. The summed E-state index contributed by atoms with van der Waals surface area (Å²) in [5.74, 6) is -0.436. The number of benzene rings is 1. The number of carbonyl (C=O) groups is 1. The molecule has 0 saturated carbocycles. The summed E-state index contributed by atoms with van der Waals surface area (Å²) < 4.78 is 28.2. The van der Waals surface area contributed by atoms with Crippen LogP contribution in [0.15, 0.2) is 35.5 Å². The minimum absolute atomic E-state index is 0.244. The molecule has 0 aliphatic heterocycles. The van der Waals surface area contributed by atoms with E-state index in [2.05, 4.69) is 15.0 Å². The molecule has 0 aliphatic rings. The van der Waals surface area contributed by atoms with Gasteiger partial charge < -0.3 is 5.32 Å². The number of hydrogen-bond acceptors (Lipinski definition) is 4. The predicted octanol–water partition coefficient (Wildman–Crippen LogP) is 2.62. The number of aromatic nitrogens is 1. The molecule has 0 unspecified atom stereocenters. The summed E-state index contributed by atoms with van der Waals surface area (Å²) >= 11 is 0. The first kappa shape index (κ1) is 19.1. The van der Waals surface area contributed by atoms with Crippen LogP contribution < -0.4 is 10.0 Å². The van der Waals surface area contributed by atoms with E-state index in [1.165, 1.54) is 6.92 Å². The van der Waals surface area contributed by atoms with E-state index in [1.807, 2.05) is 19.9 Å². The molecule has 0 bridgehead atoms. The molecule has 1 amide bonds. The molecule has 2 aromatic rings. The molecule has 1 aromatic heterocycles. The van der Waals surface area contributed by atoms with Gasteiger partial charge in [0, 0.05) is 18.1 Å². The van der Waals surface area contributed by atoms with E-state index in [0.29, 0.717) is 16.8 Å².